The Kier molecular flexibility index (Phi) is 10.6. The number of hydrogen-bond acceptors (Lipinski definition) is 6. The second-order valence-corrected chi connectivity index (χ2v) is 12.9. The van der Waals surface area contributed by atoms with Crippen LogP contribution in [0.1, 0.15) is 45.7 Å². The molecule has 3 rings (SSSR count). The Bertz CT molecular complexity index is 1470. The highest BCUT2D eigenvalue weighted by molar-refractivity contribution is 7.92. The van der Waals surface area contributed by atoms with Gasteiger partial charge in [-0.2, -0.15) is 0 Å². The van der Waals surface area contributed by atoms with Crippen molar-refractivity contribution in [2.45, 2.75) is 64.6 Å². The molecule has 3 aromatic rings. The predicted octanol–water partition coefficient (Wildman–Crippen LogP) is 4.93. The van der Waals surface area contributed by atoms with Gasteiger partial charge in [-0.15, -0.1) is 0 Å². The molecule has 0 aliphatic heterocycles. The van der Waals surface area contributed by atoms with E-state index >= 15 is 0 Å². The first kappa shape index (κ1) is 32.5. The maximum Gasteiger partial charge on any atom is 0.264 e. The molecule has 0 spiro atoms. The first-order chi connectivity index (χ1) is 19.8. The zero-order chi connectivity index (χ0) is 31.1. The van der Waals surface area contributed by atoms with E-state index in [0.29, 0.717) is 18.1 Å². The summed E-state index contributed by atoms with van der Waals surface area (Å²) in [6.07, 6.45) is 0. The summed E-state index contributed by atoms with van der Waals surface area (Å²) in [6.45, 7) is 10.7. The van der Waals surface area contributed by atoms with E-state index in [1.807, 2.05) is 27.7 Å². The average molecular weight is 596 g/mol. The lowest BCUT2D eigenvalue weighted by atomic mass is 10.1. The molecule has 0 aliphatic rings. The van der Waals surface area contributed by atoms with Gasteiger partial charge < -0.3 is 19.7 Å². The predicted molar refractivity (Wildman–Crippen MR) is 164 cm³/mol. The summed E-state index contributed by atoms with van der Waals surface area (Å²) >= 11 is 0. The Morgan fingerprint density at radius 3 is 2.14 bits per heavy atom. The quantitative estimate of drug-likeness (QED) is 0.318. The number of carbonyl (C=O) groups excluding carboxylic acids is 2. The molecule has 0 heterocycles. The largest absolute Gasteiger partial charge is 0.497 e. The van der Waals surface area contributed by atoms with Gasteiger partial charge in [0.2, 0.25) is 11.8 Å². The van der Waals surface area contributed by atoms with Crippen LogP contribution in [-0.4, -0.2) is 57.0 Å². The minimum atomic E-state index is -4.21. The third-order valence-electron chi connectivity index (χ3n) is 6.50. The smallest absolute Gasteiger partial charge is 0.264 e. The SMILES string of the molecule is CCOc1ccccc1N(CC(=O)N(Cc1ccc(OC)cc1)C(C)C(=O)NC(C)(C)C)S(=O)(=O)c1ccc(C)cc1. The normalized spacial score (nSPS) is 12.3. The van der Waals surface area contributed by atoms with E-state index in [-0.39, 0.29) is 23.0 Å². The highest BCUT2D eigenvalue weighted by Gasteiger charge is 2.34. The van der Waals surface area contributed by atoms with Crippen molar-refractivity contribution < 1.29 is 27.5 Å². The molecule has 0 bridgehead atoms. The van der Waals surface area contributed by atoms with Crippen LogP contribution in [0.25, 0.3) is 0 Å². The minimum absolute atomic E-state index is 0.0347. The standard InChI is InChI=1S/C32H41N3O6S/c1-8-41-29-12-10-9-11-28(29)35(42(38,39)27-19-13-23(2)14-20-27)22-30(36)34(24(3)31(37)33-32(4,5)6)21-25-15-17-26(40-7)18-16-25/h9-20,24H,8,21-22H2,1-7H3,(H,33,37). The maximum atomic E-state index is 14.1. The summed E-state index contributed by atoms with van der Waals surface area (Å²) in [5.41, 5.74) is 1.35. The van der Waals surface area contributed by atoms with Crippen molar-refractivity contribution in [3.05, 3.63) is 83.9 Å². The number of carbonyl (C=O) groups is 2. The number of rotatable bonds is 12. The molecule has 1 atom stereocenters. The Balaban J connectivity index is 2.08. The Morgan fingerprint density at radius 1 is 0.952 bits per heavy atom. The summed E-state index contributed by atoms with van der Waals surface area (Å²) in [6, 6.07) is 19.4. The van der Waals surface area contributed by atoms with Crippen LogP contribution in [0.5, 0.6) is 11.5 Å². The van der Waals surface area contributed by atoms with Crippen LogP contribution in [0.2, 0.25) is 0 Å². The molecule has 226 valence electrons. The highest BCUT2D eigenvalue weighted by Crippen LogP contribution is 2.33. The van der Waals surface area contributed by atoms with E-state index < -0.39 is 34.1 Å². The number of hydrogen-bond donors (Lipinski definition) is 1. The summed E-state index contributed by atoms with van der Waals surface area (Å²) in [5, 5.41) is 2.93. The second kappa shape index (κ2) is 13.7. The Morgan fingerprint density at radius 2 is 1.57 bits per heavy atom. The van der Waals surface area contributed by atoms with Crippen molar-refractivity contribution in [1.82, 2.24) is 10.2 Å². The van der Waals surface area contributed by atoms with Crippen LogP contribution in [-0.2, 0) is 26.2 Å². The van der Waals surface area contributed by atoms with E-state index in [2.05, 4.69) is 5.32 Å². The number of ether oxygens (including phenoxy) is 2. The van der Waals surface area contributed by atoms with Gasteiger partial charge in [0.15, 0.2) is 0 Å². The number of benzene rings is 3. The molecule has 10 heteroatoms. The number of nitrogens with zero attached hydrogens (tertiary/aromatic N) is 2. The zero-order valence-corrected chi connectivity index (χ0v) is 26.2. The average Bonchev–Trinajstić information content (AvgIpc) is 2.94. The van der Waals surface area contributed by atoms with E-state index in [0.717, 1.165) is 15.4 Å². The number of sulfonamides is 1. The van der Waals surface area contributed by atoms with Gasteiger partial charge in [0, 0.05) is 12.1 Å². The van der Waals surface area contributed by atoms with Crippen molar-refractivity contribution >= 4 is 27.5 Å². The fraction of sp³-hybridized carbons (Fsp3) is 0.375. The summed E-state index contributed by atoms with van der Waals surface area (Å²) in [4.78, 5) is 28.8. The van der Waals surface area contributed by atoms with Crippen LogP contribution in [0.4, 0.5) is 5.69 Å². The number of methoxy groups -OCH3 is 1. The first-order valence-electron chi connectivity index (χ1n) is 13.8. The van der Waals surface area contributed by atoms with Crippen molar-refractivity contribution in [3.8, 4) is 11.5 Å². The number of para-hydroxylation sites is 2. The van der Waals surface area contributed by atoms with Gasteiger partial charge in [0.25, 0.3) is 10.0 Å². The van der Waals surface area contributed by atoms with Crippen LogP contribution in [0.15, 0.2) is 77.7 Å². The van der Waals surface area contributed by atoms with Crippen LogP contribution in [0, 0.1) is 6.92 Å². The summed E-state index contributed by atoms with van der Waals surface area (Å²) in [5.74, 6) is 0.0677. The van der Waals surface area contributed by atoms with E-state index in [9.17, 15) is 18.0 Å². The van der Waals surface area contributed by atoms with Gasteiger partial charge in [-0.25, -0.2) is 8.42 Å². The second-order valence-electron chi connectivity index (χ2n) is 11.0. The number of amides is 2. The van der Waals surface area contributed by atoms with Crippen LogP contribution in [0.3, 0.4) is 0 Å². The van der Waals surface area contributed by atoms with Crippen molar-refractivity contribution in [2.24, 2.45) is 0 Å². The molecular weight excluding hydrogens is 554 g/mol. The topological polar surface area (TPSA) is 105 Å². The number of nitrogens with one attached hydrogen (secondary N) is 1. The van der Waals surface area contributed by atoms with Crippen LogP contribution >= 0.6 is 0 Å². The molecule has 0 fully saturated rings. The molecule has 9 nitrogen and oxygen atoms in total. The van der Waals surface area contributed by atoms with Gasteiger partial charge in [0.05, 0.1) is 24.3 Å². The summed E-state index contributed by atoms with van der Waals surface area (Å²) in [7, 11) is -2.65. The van der Waals surface area contributed by atoms with Crippen molar-refractivity contribution in [2.75, 3.05) is 24.6 Å². The van der Waals surface area contributed by atoms with Gasteiger partial charge in [0.1, 0.15) is 24.1 Å². The highest BCUT2D eigenvalue weighted by atomic mass is 32.2. The van der Waals surface area contributed by atoms with Gasteiger partial charge in [-0.05, 0) is 83.5 Å². The van der Waals surface area contributed by atoms with Crippen LogP contribution < -0.4 is 19.1 Å². The molecular formula is C32H41N3O6S. The molecule has 0 saturated heterocycles. The van der Waals surface area contributed by atoms with Crippen molar-refractivity contribution in [1.29, 1.82) is 0 Å². The molecule has 0 saturated carbocycles. The van der Waals surface area contributed by atoms with Gasteiger partial charge >= 0.3 is 0 Å². The van der Waals surface area contributed by atoms with E-state index in [1.165, 1.54) is 17.0 Å². The van der Waals surface area contributed by atoms with Gasteiger partial charge in [-0.1, -0.05) is 42.0 Å². The third kappa shape index (κ3) is 8.25. The summed E-state index contributed by atoms with van der Waals surface area (Å²) < 4.78 is 40.2. The zero-order valence-electron chi connectivity index (χ0n) is 25.4. The minimum Gasteiger partial charge on any atom is -0.497 e. The maximum absolute atomic E-state index is 14.1. The van der Waals surface area contributed by atoms with Gasteiger partial charge in [-0.3, -0.25) is 13.9 Å². The molecule has 0 radical (unpaired) electrons. The van der Waals surface area contributed by atoms with E-state index in [4.69, 9.17) is 9.47 Å². The lowest BCUT2D eigenvalue weighted by Gasteiger charge is -2.33. The Hall–Kier alpha value is -4.05. The first-order valence-corrected chi connectivity index (χ1v) is 15.3. The molecule has 42 heavy (non-hydrogen) atoms. The van der Waals surface area contributed by atoms with E-state index in [1.54, 1.807) is 81.6 Å². The van der Waals surface area contributed by atoms with Crippen molar-refractivity contribution in [3.63, 3.8) is 0 Å². The monoisotopic (exact) mass is 595 g/mol. The molecule has 0 aliphatic carbocycles. The lowest BCUT2D eigenvalue weighted by Crippen LogP contribution is -2.54. The lowest BCUT2D eigenvalue weighted by molar-refractivity contribution is -0.140. The third-order valence-corrected chi connectivity index (χ3v) is 8.27. The molecule has 3 aromatic carbocycles. The number of aryl methyl sites for hydroxylation is 1. The molecule has 0 aromatic heterocycles. The Labute approximate surface area is 249 Å². The fourth-order valence-electron chi connectivity index (χ4n) is 4.28. The molecule has 1 unspecified atom stereocenters. The molecule has 2 amide bonds. The molecule has 1 N–H and O–H groups in total. The fourth-order valence-corrected chi connectivity index (χ4v) is 5.70. The number of anilines is 1.